The topological polar surface area (TPSA) is 35.5 Å². The van der Waals surface area contributed by atoms with E-state index < -0.39 is 6.29 Å². The summed E-state index contributed by atoms with van der Waals surface area (Å²) < 4.78 is 9.88. The normalized spacial score (nSPS) is 11.9. The predicted molar refractivity (Wildman–Crippen MR) is 67.3 cm³/mol. The van der Waals surface area contributed by atoms with Crippen molar-refractivity contribution in [2.24, 2.45) is 0 Å². The molecule has 0 unspecified atom stereocenters. The number of carbonyl (C=O) groups is 1. The van der Waals surface area contributed by atoms with E-state index in [0.717, 1.165) is 0 Å². The highest BCUT2D eigenvalue weighted by atomic mass is 16.7. The molecular weight excluding hydrogens is 216 g/mol. The number of carbonyl (C=O) groups excluding carboxylic acids is 1. The maximum atomic E-state index is 11.9. The Kier molecular flexibility index (Phi) is 4.43. The van der Waals surface area contributed by atoms with Crippen molar-refractivity contribution in [3.63, 3.8) is 0 Å². The predicted octanol–water partition coefficient (Wildman–Crippen LogP) is 2.79. The van der Waals surface area contributed by atoms with E-state index in [0.29, 0.717) is 5.56 Å². The standard InChI is InChI=1S/C14H20O3/c1-14(2,3)11-8-6-10(7-9-11)12(15)13(16-4)17-5/h6-9,13H,1-5H3. The Balaban J connectivity index is 2.91. The Labute approximate surface area is 103 Å². The van der Waals surface area contributed by atoms with Gasteiger partial charge in [-0.1, -0.05) is 45.0 Å². The van der Waals surface area contributed by atoms with Crippen molar-refractivity contribution in [2.75, 3.05) is 14.2 Å². The fraction of sp³-hybridized carbons (Fsp3) is 0.500. The minimum atomic E-state index is -0.824. The largest absolute Gasteiger partial charge is 0.349 e. The molecule has 3 nitrogen and oxygen atoms in total. The van der Waals surface area contributed by atoms with Crippen LogP contribution in [0.1, 0.15) is 36.7 Å². The third kappa shape index (κ3) is 3.38. The molecule has 0 aliphatic carbocycles. The molecule has 0 fully saturated rings. The molecule has 1 aromatic carbocycles. The van der Waals surface area contributed by atoms with Crippen molar-refractivity contribution >= 4 is 5.78 Å². The van der Waals surface area contributed by atoms with E-state index in [1.165, 1.54) is 19.8 Å². The summed E-state index contributed by atoms with van der Waals surface area (Å²) in [5, 5.41) is 0. The summed E-state index contributed by atoms with van der Waals surface area (Å²) in [6.45, 7) is 6.41. The van der Waals surface area contributed by atoms with Gasteiger partial charge in [0.05, 0.1) is 0 Å². The minimum Gasteiger partial charge on any atom is -0.349 e. The van der Waals surface area contributed by atoms with Gasteiger partial charge in [-0.2, -0.15) is 0 Å². The van der Waals surface area contributed by atoms with Crippen molar-refractivity contribution in [1.82, 2.24) is 0 Å². The summed E-state index contributed by atoms with van der Waals surface area (Å²) in [6, 6.07) is 7.56. The van der Waals surface area contributed by atoms with E-state index in [4.69, 9.17) is 9.47 Å². The van der Waals surface area contributed by atoms with Crippen LogP contribution in [0, 0.1) is 0 Å². The number of hydrogen-bond donors (Lipinski definition) is 0. The fourth-order valence-corrected chi connectivity index (χ4v) is 1.58. The maximum absolute atomic E-state index is 11.9. The molecule has 0 spiro atoms. The SMILES string of the molecule is COC(OC)C(=O)c1ccc(C(C)(C)C)cc1. The van der Waals surface area contributed by atoms with Crippen LogP contribution in [0.5, 0.6) is 0 Å². The molecule has 94 valence electrons. The monoisotopic (exact) mass is 236 g/mol. The summed E-state index contributed by atoms with van der Waals surface area (Å²) >= 11 is 0. The third-order valence-electron chi connectivity index (χ3n) is 2.68. The van der Waals surface area contributed by atoms with Gasteiger partial charge in [-0.15, -0.1) is 0 Å². The molecular formula is C14H20O3. The number of Topliss-reactive ketones (excluding diaryl/α,β-unsaturated/α-hetero) is 1. The van der Waals surface area contributed by atoms with Crippen LogP contribution in [0.4, 0.5) is 0 Å². The first-order valence-electron chi connectivity index (χ1n) is 5.60. The van der Waals surface area contributed by atoms with Crippen LogP contribution in [0.3, 0.4) is 0 Å². The van der Waals surface area contributed by atoms with Crippen LogP contribution in [-0.2, 0) is 14.9 Å². The average Bonchev–Trinajstić information content (AvgIpc) is 2.29. The third-order valence-corrected chi connectivity index (χ3v) is 2.68. The van der Waals surface area contributed by atoms with Gasteiger partial charge in [-0.05, 0) is 11.0 Å². The van der Waals surface area contributed by atoms with Gasteiger partial charge >= 0.3 is 0 Å². The average molecular weight is 236 g/mol. The lowest BCUT2D eigenvalue weighted by atomic mass is 9.86. The van der Waals surface area contributed by atoms with Crippen LogP contribution in [0.25, 0.3) is 0 Å². The highest BCUT2D eigenvalue weighted by molar-refractivity contribution is 5.98. The summed E-state index contributed by atoms with van der Waals surface area (Å²) in [5.74, 6) is -0.157. The van der Waals surface area contributed by atoms with Crippen molar-refractivity contribution in [3.05, 3.63) is 35.4 Å². The Bertz CT molecular complexity index is 369. The highest BCUT2D eigenvalue weighted by Gasteiger charge is 2.20. The van der Waals surface area contributed by atoms with E-state index in [1.807, 2.05) is 24.3 Å². The Morgan fingerprint density at radius 2 is 1.53 bits per heavy atom. The van der Waals surface area contributed by atoms with Gasteiger partial charge in [0, 0.05) is 19.8 Å². The molecule has 1 aromatic rings. The first kappa shape index (κ1) is 13.9. The van der Waals surface area contributed by atoms with Crippen LogP contribution >= 0.6 is 0 Å². The second-order valence-electron chi connectivity index (χ2n) is 4.99. The Morgan fingerprint density at radius 3 is 1.88 bits per heavy atom. The molecule has 0 aliphatic heterocycles. The van der Waals surface area contributed by atoms with Gasteiger partial charge in [0.1, 0.15) is 0 Å². The smallest absolute Gasteiger partial charge is 0.222 e. The van der Waals surface area contributed by atoms with Gasteiger partial charge in [0.25, 0.3) is 0 Å². The molecule has 0 bridgehead atoms. The molecule has 0 atom stereocenters. The lowest BCUT2D eigenvalue weighted by Crippen LogP contribution is -2.25. The number of ketones is 1. The van der Waals surface area contributed by atoms with E-state index in [-0.39, 0.29) is 11.2 Å². The molecule has 0 radical (unpaired) electrons. The van der Waals surface area contributed by atoms with E-state index >= 15 is 0 Å². The second kappa shape index (κ2) is 5.43. The van der Waals surface area contributed by atoms with Crippen molar-refractivity contribution < 1.29 is 14.3 Å². The zero-order valence-electron chi connectivity index (χ0n) is 11.1. The molecule has 0 aliphatic rings. The molecule has 17 heavy (non-hydrogen) atoms. The summed E-state index contributed by atoms with van der Waals surface area (Å²) in [5.41, 5.74) is 1.89. The lowest BCUT2D eigenvalue weighted by Gasteiger charge is -2.19. The molecule has 0 saturated heterocycles. The summed E-state index contributed by atoms with van der Waals surface area (Å²) in [4.78, 5) is 11.9. The van der Waals surface area contributed by atoms with Crippen molar-refractivity contribution in [2.45, 2.75) is 32.5 Å². The summed E-state index contributed by atoms with van der Waals surface area (Å²) in [7, 11) is 2.91. The second-order valence-corrected chi connectivity index (χ2v) is 4.99. The first-order valence-corrected chi connectivity index (χ1v) is 5.60. The number of hydrogen-bond acceptors (Lipinski definition) is 3. The molecule has 0 aromatic heterocycles. The molecule has 1 rings (SSSR count). The van der Waals surface area contributed by atoms with Gasteiger partial charge in [-0.3, -0.25) is 4.79 Å². The van der Waals surface area contributed by atoms with Crippen LogP contribution < -0.4 is 0 Å². The first-order chi connectivity index (χ1) is 7.90. The Morgan fingerprint density at radius 1 is 1.06 bits per heavy atom. The van der Waals surface area contributed by atoms with Crippen LogP contribution in [0.2, 0.25) is 0 Å². The molecule has 0 saturated carbocycles. The molecule has 0 amide bonds. The maximum Gasteiger partial charge on any atom is 0.222 e. The van der Waals surface area contributed by atoms with Gasteiger partial charge in [0.15, 0.2) is 0 Å². The molecule has 0 N–H and O–H groups in total. The highest BCUT2D eigenvalue weighted by Crippen LogP contribution is 2.22. The van der Waals surface area contributed by atoms with Crippen LogP contribution in [0.15, 0.2) is 24.3 Å². The van der Waals surface area contributed by atoms with E-state index in [1.54, 1.807) is 0 Å². The number of methoxy groups -OCH3 is 2. The lowest BCUT2D eigenvalue weighted by molar-refractivity contribution is -0.0742. The van der Waals surface area contributed by atoms with Gasteiger partial charge in [-0.25, -0.2) is 0 Å². The zero-order chi connectivity index (χ0) is 13.1. The Hall–Kier alpha value is -1.19. The van der Waals surface area contributed by atoms with Crippen molar-refractivity contribution in [1.29, 1.82) is 0 Å². The van der Waals surface area contributed by atoms with Crippen LogP contribution in [-0.4, -0.2) is 26.3 Å². The molecule has 0 heterocycles. The summed E-state index contributed by atoms with van der Waals surface area (Å²) in [6.07, 6.45) is -0.824. The van der Waals surface area contributed by atoms with Crippen molar-refractivity contribution in [3.8, 4) is 0 Å². The minimum absolute atomic E-state index is 0.0868. The quantitative estimate of drug-likeness (QED) is 0.595. The number of rotatable bonds is 4. The van der Waals surface area contributed by atoms with Gasteiger partial charge < -0.3 is 9.47 Å². The fourth-order valence-electron chi connectivity index (χ4n) is 1.58. The van der Waals surface area contributed by atoms with E-state index in [2.05, 4.69) is 20.8 Å². The number of benzene rings is 1. The van der Waals surface area contributed by atoms with E-state index in [9.17, 15) is 4.79 Å². The van der Waals surface area contributed by atoms with Gasteiger partial charge in [0.2, 0.25) is 12.1 Å². The number of ether oxygens (including phenoxy) is 2. The molecule has 3 heteroatoms. The zero-order valence-corrected chi connectivity index (χ0v) is 11.1.